The first-order valence-electron chi connectivity index (χ1n) is 7.78. The van der Waals surface area contributed by atoms with E-state index in [-0.39, 0.29) is 22.0 Å². The Hall–Kier alpha value is -3.07. The van der Waals surface area contributed by atoms with Gasteiger partial charge in [-0.15, -0.1) is 11.3 Å². The lowest BCUT2D eigenvalue weighted by atomic mass is 10.1. The molecule has 1 heterocycles. The predicted octanol–water partition coefficient (Wildman–Crippen LogP) is 2.66. The van der Waals surface area contributed by atoms with E-state index < -0.39 is 17.8 Å². The summed E-state index contributed by atoms with van der Waals surface area (Å²) in [6.45, 7) is 1.30. The lowest BCUT2D eigenvalue weighted by Gasteiger charge is -2.08. The van der Waals surface area contributed by atoms with Crippen molar-refractivity contribution >= 4 is 34.2 Å². The van der Waals surface area contributed by atoms with Crippen molar-refractivity contribution in [2.75, 3.05) is 33.3 Å². The van der Waals surface area contributed by atoms with Gasteiger partial charge in [0.25, 0.3) is 5.91 Å². The summed E-state index contributed by atoms with van der Waals surface area (Å²) in [6, 6.07) is 6.73. The van der Waals surface area contributed by atoms with Gasteiger partial charge < -0.3 is 24.3 Å². The van der Waals surface area contributed by atoms with Gasteiger partial charge >= 0.3 is 11.9 Å². The van der Waals surface area contributed by atoms with Crippen molar-refractivity contribution in [1.29, 1.82) is 0 Å². The van der Waals surface area contributed by atoms with Gasteiger partial charge in [0, 0.05) is 0 Å². The average Bonchev–Trinajstić information content (AvgIpc) is 3.01. The third kappa shape index (κ3) is 4.76. The van der Waals surface area contributed by atoms with Crippen molar-refractivity contribution in [2.45, 2.75) is 6.92 Å². The minimum absolute atomic E-state index is 0.112. The Labute approximate surface area is 160 Å². The lowest BCUT2D eigenvalue weighted by molar-refractivity contribution is -0.118. The summed E-state index contributed by atoms with van der Waals surface area (Å²) in [6.07, 6.45) is 0. The van der Waals surface area contributed by atoms with Gasteiger partial charge in [-0.25, -0.2) is 9.59 Å². The number of carbonyl (C=O) groups excluding carboxylic acids is 3. The Bertz CT molecular complexity index is 842. The van der Waals surface area contributed by atoms with Gasteiger partial charge in [-0.3, -0.25) is 4.79 Å². The molecule has 144 valence electrons. The number of methoxy groups -OCH3 is 3. The summed E-state index contributed by atoms with van der Waals surface area (Å²) in [4.78, 5) is 36.3. The SMILES string of the molecule is COC(=O)c1sc(NC(=O)COc2ccc(OC)cc2)c(C(=O)OC)c1C. The summed E-state index contributed by atoms with van der Waals surface area (Å²) in [5.41, 5.74) is 0.491. The highest BCUT2D eigenvalue weighted by molar-refractivity contribution is 7.18. The molecule has 0 atom stereocenters. The Morgan fingerprint density at radius 1 is 0.963 bits per heavy atom. The first-order valence-corrected chi connectivity index (χ1v) is 8.59. The van der Waals surface area contributed by atoms with Crippen LogP contribution in [0.15, 0.2) is 24.3 Å². The van der Waals surface area contributed by atoms with Crippen molar-refractivity contribution in [3.8, 4) is 11.5 Å². The van der Waals surface area contributed by atoms with Gasteiger partial charge in [0.05, 0.1) is 26.9 Å². The van der Waals surface area contributed by atoms with Crippen LogP contribution in [0.2, 0.25) is 0 Å². The third-order valence-electron chi connectivity index (χ3n) is 3.59. The number of amides is 1. The molecule has 2 aromatic rings. The van der Waals surface area contributed by atoms with E-state index in [1.54, 1.807) is 38.3 Å². The number of carbonyl (C=O) groups is 3. The van der Waals surface area contributed by atoms with Crippen LogP contribution >= 0.6 is 11.3 Å². The lowest BCUT2D eigenvalue weighted by Crippen LogP contribution is -2.21. The normalized spacial score (nSPS) is 10.1. The Kier molecular flexibility index (Phi) is 6.78. The van der Waals surface area contributed by atoms with E-state index in [1.165, 1.54) is 14.2 Å². The van der Waals surface area contributed by atoms with Crippen LogP contribution in [0.5, 0.6) is 11.5 Å². The fourth-order valence-corrected chi connectivity index (χ4v) is 3.35. The average molecular weight is 393 g/mol. The van der Waals surface area contributed by atoms with Gasteiger partial charge in [-0.2, -0.15) is 0 Å². The van der Waals surface area contributed by atoms with Gasteiger partial charge in [-0.1, -0.05) is 0 Å². The smallest absolute Gasteiger partial charge is 0.348 e. The third-order valence-corrected chi connectivity index (χ3v) is 4.78. The number of thiophene rings is 1. The fourth-order valence-electron chi connectivity index (χ4n) is 2.22. The number of hydrogen-bond acceptors (Lipinski definition) is 8. The Balaban J connectivity index is 2.13. The second kappa shape index (κ2) is 9.04. The quantitative estimate of drug-likeness (QED) is 0.722. The monoisotopic (exact) mass is 393 g/mol. The van der Waals surface area contributed by atoms with Crippen molar-refractivity contribution < 1.29 is 33.3 Å². The number of anilines is 1. The summed E-state index contributed by atoms with van der Waals surface area (Å²) >= 11 is 0.938. The molecule has 1 N–H and O–H groups in total. The number of esters is 2. The van der Waals surface area contributed by atoms with Crippen molar-refractivity contribution in [3.05, 3.63) is 40.3 Å². The van der Waals surface area contributed by atoms with Gasteiger partial charge in [0.15, 0.2) is 6.61 Å². The molecule has 0 aliphatic carbocycles. The molecule has 27 heavy (non-hydrogen) atoms. The number of ether oxygens (including phenoxy) is 4. The highest BCUT2D eigenvalue weighted by Crippen LogP contribution is 2.34. The number of rotatable bonds is 7. The second-order valence-electron chi connectivity index (χ2n) is 5.26. The molecule has 0 spiro atoms. The minimum atomic E-state index is -0.662. The van der Waals surface area contributed by atoms with Crippen LogP contribution in [0.25, 0.3) is 0 Å². The molecule has 0 radical (unpaired) electrons. The molecular formula is C18H19NO7S. The van der Waals surface area contributed by atoms with Crippen LogP contribution in [0.4, 0.5) is 5.00 Å². The molecule has 0 saturated heterocycles. The number of hydrogen-bond donors (Lipinski definition) is 1. The van der Waals surface area contributed by atoms with Gasteiger partial charge in [0.2, 0.25) is 0 Å². The molecule has 1 amide bonds. The Morgan fingerprint density at radius 3 is 2.11 bits per heavy atom. The van der Waals surface area contributed by atoms with Gasteiger partial charge in [0.1, 0.15) is 21.4 Å². The van der Waals surface area contributed by atoms with Crippen LogP contribution in [0.1, 0.15) is 25.6 Å². The van der Waals surface area contributed by atoms with E-state index in [9.17, 15) is 14.4 Å². The van der Waals surface area contributed by atoms with Crippen LogP contribution in [0, 0.1) is 6.92 Å². The summed E-state index contributed by atoms with van der Waals surface area (Å²) in [5, 5.41) is 2.78. The highest BCUT2D eigenvalue weighted by Gasteiger charge is 2.26. The second-order valence-corrected chi connectivity index (χ2v) is 6.28. The van der Waals surface area contributed by atoms with E-state index in [0.29, 0.717) is 17.1 Å². The van der Waals surface area contributed by atoms with Crippen LogP contribution in [0.3, 0.4) is 0 Å². The molecule has 9 heteroatoms. The molecule has 8 nitrogen and oxygen atoms in total. The minimum Gasteiger partial charge on any atom is -0.497 e. The van der Waals surface area contributed by atoms with Crippen LogP contribution < -0.4 is 14.8 Å². The zero-order chi connectivity index (χ0) is 20.0. The largest absolute Gasteiger partial charge is 0.497 e. The molecule has 0 unspecified atom stereocenters. The van der Waals surface area contributed by atoms with Crippen molar-refractivity contribution in [2.24, 2.45) is 0 Å². The van der Waals surface area contributed by atoms with Gasteiger partial charge in [-0.05, 0) is 36.8 Å². The molecule has 0 bridgehead atoms. The van der Waals surface area contributed by atoms with Crippen LogP contribution in [-0.4, -0.2) is 45.8 Å². The molecule has 1 aromatic heterocycles. The first kappa shape index (κ1) is 20.2. The van der Waals surface area contributed by atoms with Crippen molar-refractivity contribution in [1.82, 2.24) is 0 Å². The van der Waals surface area contributed by atoms with E-state index in [4.69, 9.17) is 18.9 Å². The molecule has 0 aliphatic rings. The molecule has 2 rings (SSSR count). The maximum atomic E-state index is 12.2. The topological polar surface area (TPSA) is 100 Å². The number of benzene rings is 1. The van der Waals surface area contributed by atoms with E-state index in [0.717, 1.165) is 11.3 Å². The molecule has 0 fully saturated rings. The van der Waals surface area contributed by atoms with E-state index in [2.05, 4.69) is 5.32 Å². The summed E-state index contributed by atoms with van der Waals surface area (Å²) < 4.78 is 19.9. The zero-order valence-electron chi connectivity index (χ0n) is 15.3. The standard InChI is InChI=1S/C18H19NO7S/c1-10-14(17(21)24-3)16(27-15(10)18(22)25-4)19-13(20)9-26-12-7-5-11(23-2)6-8-12/h5-8H,9H2,1-4H3,(H,19,20). The maximum Gasteiger partial charge on any atom is 0.348 e. The van der Waals surface area contributed by atoms with Crippen LogP contribution in [-0.2, 0) is 14.3 Å². The summed E-state index contributed by atoms with van der Waals surface area (Å²) in [5.74, 6) is -0.604. The first-order chi connectivity index (χ1) is 12.9. The maximum absolute atomic E-state index is 12.2. The van der Waals surface area contributed by atoms with E-state index >= 15 is 0 Å². The fraction of sp³-hybridized carbons (Fsp3) is 0.278. The summed E-state index contributed by atoms with van der Waals surface area (Å²) in [7, 11) is 4.00. The highest BCUT2D eigenvalue weighted by atomic mass is 32.1. The van der Waals surface area contributed by atoms with E-state index in [1.807, 2.05) is 0 Å². The predicted molar refractivity (Wildman–Crippen MR) is 98.9 cm³/mol. The zero-order valence-corrected chi connectivity index (χ0v) is 16.1. The van der Waals surface area contributed by atoms with Crippen molar-refractivity contribution in [3.63, 3.8) is 0 Å². The Morgan fingerprint density at radius 2 is 1.56 bits per heavy atom. The molecular weight excluding hydrogens is 374 g/mol. The number of nitrogens with one attached hydrogen (secondary N) is 1. The molecule has 0 saturated carbocycles. The molecule has 0 aliphatic heterocycles. The molecule has 1 aromatic carbocycles.